The monoisotopic (exact) mass is 507 g/mol. The maximum absolute atomic E-state index is 14.0. The third kappa shape index (κ3) is 3.22. The van der Waals surface area contributed by atoms with Crippen LogP contribution in [0.4, 0.5) is 11.4 Å². The van der Waals surface area contributed by atoms with Gasteiger partial charge < -0.3 is 42.9 Å². The lowest BCUT2D eigenvalue weighted by Gasteiger charge is -2.53. The first-order valence-corrected chi connectivity index (χ1v) is 11.4. The van der Waals surface area contributed by atoms with Gasteiger partial charge in [0.2, 0.25) is 5.78 Å². The Morgan fingerprint density at radius 1 is 1.19 bits per heavy atom. The van der Waals surface area contributed by atoms with Gasteiger partial charge in [-0.25, -0.2) is 0 Å². The Labute approximate surface area is 210 Å². The third-order valence-electron chi connectivity index (χ3n) is 7.69. The number of fused-ring (bicyclic) bond motifs is 3. The molecule has 1 heterocycles. The third-order valence-corrected chi connectivity index (χ3v) is 7.69. The topological polar surface area (TPSA) is 235 Å². The first-order chi connectivity index (χ1) is 17.4. The molecule has 3 aliphatic rings. The minimum atomic E-state index is -2.81. The van der Waals surface area contributed by atoms with Crippen LogP contribution in [0.5, 0.6) is 5.75 Å². The van der Waals surface area contributed by atoms with Crippen molar-refractivity contribution in [2.45, 2.75) is 24.5 Å². The number of nitrogen functional groups attached to an aromatic ring is 1. The number of aromatic nitrogens is 1. The number of nitrogens with two attached hydrogens (primary N) is 3. The molecular weight excluding hydrogens is 482 g/mol. The van der Waals surface area contributed by atoms with Crippen molar-refractivity contribution in [3.05, 3.63) is 64.7 Å². The van der Waals surface area contributed by atoms with E-state index < -0.39 is 57.5 Å². The summed E-state index contributed by atoms with van der Waals surface area (Å²) in [5.41, 5.74) is 13.3. The minimum Gasteiger partial charge on any atom is -0.508 e. The average molecular weight is 508 g/mol. The van der Waals surface area contributed by atoms with Crippen LogP contribution < -0.4 is 22.5 Å². The summed E-state index contributed by atoms with van der Waals surface area (Å²) in [4.78, 5) is 42.9. The molecule has 0 bridgehead atoms. The van der Waals surface area contributed by atoms with Crippen molar-refractivity contribution in [2.24, 2.45) is 22.8 Å². The zero-order chi connectivity index (χ0) is 26.9. The maximum atomic E-state index is 14.0. The Balaban J connectivity index is 1.76. The molecular formula is C25H25N5O7. The molecule has 5 rings (SSSR count). The molecule has 0 radical (unpaired) electrons. The summed E-state index contributed by atoms with van der Waals surface area (Å²) < 4.78 is 0. The Bertz CT molecular complexity index is 1440. The van der Waals surface area contributed by atoms with Gasteiger partial charge in [-0.3, -0.25) is 19.4 Å². The highest BCUT2D eigenvalue weighted by molar-refractivity contribution is 6.24. The SMILES string of the molecule is NC(=O)C1=C(O)[C@@]2(O)C(=O)C3=C(O)c4c(O)ccc(N)c4C[C@@]3(CNc3cccnc3)C[C@H]2[C@H](N)C1=O. The summed E-state index contributed by atoms with van der Waals surface area (Å²) in [6.07, 6.45) is 2.95. The number of nitrogens with zero attached hydrogens (tertiary/aromatic N) is 1. The summed E-state index contributed by atoms with van der Waals surface area (Å²) in [5.74, 6) is -7.10. The van der Waals surface area contributed by atoms with Crippen molar-refractivity contribution in [3.8, 4) is 5.75 Å². The van der Waals surface area contributed by atoms with E-state index in [1.54, 1.807) is 24.5 Å². The van der Waals surface area contributed by atoms with Crippen molar-refractivity contribution in [2.75, 3.05) is 17.6 Å². The molecule has 3 aliphatic carbocycles. The number of hydrogen-bond donors (Lipinski definition) is 8. The number of Topliss-reactive ketones (excluding diaryl/α,β-unsaturated/α-hetero) is 2. The second-order valence-electron chi connectivity index (χ2n) is 9.69. The Kier molecular flexibility index (Phi) is 5.28. The first kappa shape index (κ1) is 24.3. The fraction of sp³-hybridized carbons (Fsp3) is 0.280. The molecule has 0 unspecified atom stereocenters. The van der Waals surface area contributed by atoms with Crippen LogP contribution in [-0.2, 0) is 20.8 Å². The molecule has 0 spiro atoms. The van der Waals surface area contributed by atoms with E-state index >= 15 is 0 Å². The molecule has 1 fully saturated rings. The smallest absolute Gasteiger partial charge is 0.255 e. The number of phenols is 1. The van der Waals surface area contributed by atoms with Crippen molar-refractivity contribution in [1.29, 1.82) is 0 Å². The van der Waals surface area contributed by atoms with Gasteiger partial charge in [-0.15, -0.1) is 0 Å². The number of nitrogens with one attached hydrogen (secondary N) is 1. The lowest BCUT2D eigenvalue weighted by molar-refractivity contribution is -0.152. The Morgan fingerprint density at radius 2 is 1.92 bits per heavy atom. The van der Waals surface area contributed by atoms with Crippen LogP contribution in [0, 0.1) is 11.3 Å². The number of benzene rings is 1. The van der Waals surface area contributed by atoms with Crippen molar-refractivity contribution in [3.63, 3.8) is 0 Å². The second-order valence-corrected chi connectivity index (χ2v) is 9.69. The number of amides is 1. The van der Waals surface area contributed by atoms with E-state index in [4.69, 9.17) is 17.2 Å². The average Bonchev–Trinajstić information content (AvgIpc) is 2.86. The van der Waals surface area contributed by atoms with Gasteiger partial charge in [0.15, 0.2) is 11.4 Å². The molecule has 2 aromatic rings. The van der Waals surface area contributed by atoms with Gasteiger partial charge in [-0.05, 0) is 42.7 Å². The first-order valence-electron chi connectivity index (χ1n) is 11.4. The largest absolute Gasteiger partial charge is 0.508 e. The van der Waals surface area contributed by atoms with E-state index in [1.165, 1.54) is 12.1 Å². The summed E-state index contributed by atoms with van der Waals surface area (Å²) in [7, 11) is 0. The molecule has 37 heavy (non-hydrogen) atoms. The molecule has 0 aliphatic heterocycles. The van der Waals surface area contributed by atoms with E-state index in [2.05, 4.69) is 10.3 Å². The molecule has 12 nitrogen and oxygen atoms in total. The normalized spacial score (nSPS) is 28.9. The van der Waals surface area contributed by atoms with Gasteiger partial charge in [0.25, 0.3) is 5.91 Å². The highest BCUT2D eigenvalue weighted by Gasteiger charge is 2.66. The van der Waals surface area contributed by atoms with Crippen LogP contribution in [0.2, 0.25) is 0 Å². The Hall–Kier alpha value is -4.42. The minimum absolute atomic E-state index is 0.000986. The molecule has 4 atom stereocenters. The van der Waals surface area contributed by atoms with Crippen LogP contribution in [0.1, 0.15) is 17.5 Å². The number of hydrogen-bond acceptors (Lipinski definition) is 11. The van der Waals surface area contributed by atoms with E-state index in [0.29, 0.717) is 11.3 Å². The zero-order valence-corrected chi connectivity index (χ0v) is 19.4. The number of pyridine rings is 1. The van der Waals surface area contributed by atoms with Crippen molar-refractivity contribution < 1.29 is 34.8 Å². The number of rotatable bonds is 4. The quantitative estimate of drug-likeness (QED) is 0.153. The lowest BCUT2D eigenvalue weighted by Crippen LogP contribution is -2.67. The number of aliphatic hydroxyl groups excluding tert-OH is 2. The van der Waals surface area contributed by atoms with Gasteiger partial charge in [0, 0.05) is 41.5 Å². The second kappa shape index (κ2) is 8.05. The number of carbonyl (C=O) groups excluding carboxylic acids is 3. The van der Waals surface area contributed by atoms with E-state index in [9.17, 15) is 34.8 Å². The molecule has 1 amide bonds. The van der Waals surface area contributed by atoms with Gasteiger partial charge in [0.1, 0.15) is 22.8 Å². The van der Waals surface area contributed by atoms with Crippen LogP contribution in [0.25, 0.3) is 5.76 Å². The molecule has 0 saturated heterocycles. The van der Waals surface area contributed by atoms with Gasteiger partial charge in [0.05, 0.1) is 17.3 Å². The zero-order valence-electron chi connectivity index (χ0n) is 19.4. The highest BCUT2D eigenvalue weighted by Crippen LogP contribution is 2.58. The van der Waals surface area contributed by atoms with Crippen molar-refractivity contribution in [1.82, 2.24) is 4.98 Å². The van der Waals surface area contributed by atoms with Gasteiger partial charge in [-0.2, -0.15) is 0 Å². The van der Waals surface area contributed by atoms with Crippen LogP contribution in [-0.4, -0.2) is 61.1 Å². The number of primary amides is 1. The summed E-state index contributed by atoms with van der Waals surface area (Å²) in [5, 5.41) is 47.5. The van der Waals surface area contributed by atoms with Crippen molar-refractivity contribution >= 4 is 34.6 Å². The fourth-order valence-corrected chi connectivity index (χ4v) is 5.89. The van der Waals surface area contributed by atoms with E-state index in [0.717, 1.165) is 0 Å². The Morgan fingerprint density at radius 3 is 2.57 bits per heavy atom. The number of aromatic hydroxyl groups is 1. The number of ketones is 2. The van der Waals surface area contributed by atoms with Crippen LogP contribution in [0.15, 0.2) is 53.6 Å². The maximum Gasteiger partial charge on any atom is 0.255 e. The van der Waals surface area contributed by atoms with E-state index in [1.807, 2.05) is 0 Å². The fourth-order valence-electron chi connectivity index (χ4n) is 5.89. The van der Waals surface area contributed by atoms with Gasteiger partial charge >= 0.3 is 0 Å². The summed E-state index contributed by atoms with van der Waals surface area (Å²) in [6.45, 7) is -0.000986. The van der Waals surface area contributed by atoms with Gasteiger partial charge in [-0.1, -0.05) is 0 Å². The predicted molar refractivity (Wildman–Crippen MR) is 131 cm³/mol. The number of carbonyl (C=O) groups is 3. The lowest BCUT2D eigenvalue weighted by atomic mass is 9.51. The molecule has 1 saturated carbocycles. The number of phenolic OH excluding ortho intramolecular Hbond substituents is 1. The molecule has 12 heteroatoms. The molecule has 1 aromatic carbocycles. The highest BCUT2D eigenvalue weighted by atomic mass is 16.3. The van der Waals surface area contributed by atoms with E-state index in [-0.39, 0.29) is 42.0 Å². The van der Waals surface area contributed by atoms with Crippen LogP contribution in [0.3, 0.4) is 0 Å². The number of aliphatic hydroxyl groups is 3. The molecule has 1 aromatic heterocycles. The summed E-state index contributed by atoms with van der Waals surface area (Å²) >= 11 is 0. The molecule has 192 valence electrons. The predicted octanol–water partition coefficient (Wildman–Crippen LogP) is -0.179. The molecule has 11 N–H and O–H groups in total. The number of anilines is 2. The summed E-state index contributed by atoms with van der Waals surface area (Å²) in [6, 6.07) is 4.58. The van der Waals surface area contributed by atoms with Crippen LogP contribution >= 0.6 is 0 Å². The standard InChI is InChI=1S/C25H25N5O7/c26-13-3-4-14(31)15-11(13)6-24(9-30-10-2-1-5-29-8-10)7-12-18(27)20(33)16(23(28)36)21(34)25(12,37)22(35)17(24)19(15)32/h1-5,8,12,18,30-32,34,37H,6-7,9,26-27H2,(H2,28,36)/t12-,18-,24-,25+/m0/s1.